The molecular formula is C30H32FN3O2S. The summed E-state index contributed by atoms with van der Waals surface area (Å²) in [6, 6.07) is 23.9. The van der Waals surface area contributed by atoms with E-state index in [4.69, 9.17) is 0 Å². The summed E-state index contributed by atoms with van der Waals surface area (Å²) in [7, 11) is 0. The van der Waals surface area contributed by atoms with Crippen molar-refractivity contribution in [2.45, 2.75) is 37.8 Å². The molecule has 0 aliphatic carbocycles. The van der Waals surface area contributed by atoms with Gasteiger partial charge in [0.15, 0.2) is 0 Å². The summed E-state index contributed by atoms with van der Waals surface area (Å²) in [5.74, 6) is -0.248. The van der Waals surface area contributed by atoms with Crippen LogP contribution in [0.15, 0.2) is 90.0 Å². The van der Waals surface area contributed by atoms with Crippen LogP contribution in [-0.2, 0) is 22.6 Å². The minimum absolute atomic E-state index is 0.000922. The fourth-order valence-corrected chi connectivity index (χ4v) is 5.05. The van der Waals surface area contributed by atoms with Crippen LogP contribution >= 0.6 is 11.8 Å². The van der Waals surface area contributed by atoms with Gasteiger partial charge in [0.25, 0.3) is 0 Å². The van der Waals surface area contributed by atoms with Crippen molar-refractivity contribution in [2.24, 2.45) is 0 Å². The molecule has 0 spiro atoms. The van der Waals surface area contributed by atoms with Crippen molar-refractivity contribution in [2.75, 3.05) is 18.8 Å². The van der Waals surface area contributed by atoms with Crippen LogP contribution in [0, 0.1) is 5.82 Å². The molecule has 0 aliphatic rings. The quantitative estimate of drug-likeness (QED) is 0.252. The summed E-state index contributed by atoms with van der Waals surface area (Å²) >= 11 is 1.47. The van der Waals surface area contributed by atoms with Gasteiger partial charge >= 0.3 is 0 Å². The lowest BCUT2D eigenvalue weighted by atomic mass is 10.1. The Balaban J connectivity index is 1.47. The van der Waals surface area contributed by atoms with Gasteiger partial charge in [0.1, 0.15) is 12.4 Å². The second-order valence-corrected chi connectivity index (χ2v) is 10.3. The van der Waals surface area contributed by atoms with Gasteiger partial charge in [-0.25, -0.2) is 4.39 Å². The minimum atomic E-state index is -0.312. The Kier molecular flexibility index (Phi) is 9.01. The van der Waals surface area contributed by atoms with Crippen LogP contribution in [-0.4, -0.2) is 51.5 Å². The molecule has 0 fully saturated rings. The second kappa shape index (κ2) is 12.6. The summed E-state index contributed by atoms with van der Waals surface area (Å²) in [5, 5.41) is 1.13. The first-order chi connectivity index (χ1) is 17.9. The predicted octanol–water partition coefficient (Wildman–Crippen LogP) is 5.91. The summed E-state index contributed by atoms with van der Waals surface area (Å²) in [4.78, 5) is 34.4. The van der Waals surface area contributed by atoms with Crippen LogP contribution in [0.2, 0.25) is 0 Å². The number of halogens is 1. The molecule has 1 heterocycles. The number of para-hydroxylation sites is 1. The molecule has 4 aromatic rings. The van der Waals surface area contributed by atoms with Gasteiger partial charge in [0.05, 0.1) is 5.75 Å². The number of aromatic nitrogens is 1. The third-order valence-corrected chi connectivity index (χ3v) is 7.32. The number of thioether (sulfide) groups is 1. The minimum Gasteiger partial charge on any atom is -0.361 e. The smallest absolute Gasteiger partial charge is 0.242 e. The Morgan fingerprint density at radius 2 is 1.62 bits per heavy atom. The monoisotopic (exact) mass is 517 g/mol. The number of aromatic amines is 1. The lowest BCUT2D eigenvalue weighted by Gasteiger charge is -2.30. The fourth-order valence-electron chi connectivity index (χ4n) is 4.25. The molecule has 0 atom stereocenters. The number of fused-ring (bicyclic) bond motifs is 1. The van der Waals surface area contributed by atoms with Crippen molar-refractivity contribution in [3.8, 4) is 0 Å². The molecule has 0 saturated carbocycles. The van der Waals surface area contributed by atoms with E-state index >= 15 is 0 Å². The summed E-state index contributed by atoms with van der Waals surface area (Å²) < 4.78 is 13.5. The van der Waals surface area contributed by atoms with E-state index in [9.17, 15) is 14.0 Å². The van der Waals surface area contributed by atoms with Crippen molar-refractivity contribution in [1.82, 2.24) is 14.8 Å². The number of rotatable bonds is 11. The van der Waals surface area contributed by atoms with Gasteiger partial charge in [-0.1, -0.05) is 48.5 Å². The normalized spacial score (nSPS) is 11.1. The van der Waals surface area contributed by atoms with Crippen LogP contribution in [0.4, 0.5) is 4.39 Å². The van der Waals surface area contributed by atoms with Gasteiger partial charge in [-0.05, 0) is 61.7 Å². The van der Waals surface area contributed by atoms with Crippen molar-refractivity contribution in [1.29, 1.82) is 0 Å². The van der Waals surface area contributed by atoms with E-state index in [2.05, 4.69) is 11.1 Å². The Morgan fingerprint density at radius 1 is 0.919 bits per heavy atom. The van der Waals surface area contributed by atoms with Gasteiger partial charge in [-0.2, -0.15) is 0 Å². The Hall–Kier alpha value is -3.58. The van der Waals surface area contributed by atoms with Gasteiger partial charge in [0, 0.05) is 41.1 Å². The molecular weight excluding hydrogens is 485 g/mol. The predicted molar refractivity (Wildman–Crippen MR) is 148 cm³/mol. The van der Waals surface area contributed by atoms with E-state index in [1.165, 1.54) is 23.9 Å². The Morgan fingerprint density at radius 3 is 2.35 bits per heavy atom. The Bertz CT molecular complexity index is 1320. The van der Waals surface area contributed by atoms with E-state index in [1.54, 1.807) is 21.9 Å². The molecule has 1 aromatic heterocycles. The van der Waals surface area contributed by atoms with Crippen molar-refractivity contribution in [3.05, 3.63) is 102 Å². The highest BCUT2D eigenvalue weighted by Crippen LogP contribution is 2.20. The maximum Gasteiger partial charge on any atom is 0.242 e. The number of benzene rings is 3. The van der Waals surface area contributed by atoms with Gasteiger partial charge in [-0.15, -0.1) is 11.8 Å². The van der Waals surface area contributed by atoms with E-state index in [-0.39, 0.29) is 36.0 Å². The molecule has 2 amide bonds. The molecule has 0 aliphatic heterocycles. The number of hydrogen-bond donors (Lipinski definition) is 1. The maximum atomic E-state index is 13.6. The number of nitrogens with zero attached hydrogens (tertiary/aromatic N) is 2. The van der Waals surface area contributed by atoms with Crippen LogP contribution in [0.1, 0.15) is 25.0 Å². The first kappa shape index (κ1) is 26.5. The van der Waals surface area contributed by atoms with E-state index in [0.29, 0.717) is 19.5 Å². The third-order valence-electron chi connectivity index (χ3n) is 6.32. The SMILES string of the molecule is CC(C)N(CC(=O)N(CCc1c[nH]c2ccccc12)Cc1ccc(F)cc1)C(=O)CSc1ccccc1. The number of carbonyl (C=O) groups excluding carboxylic acids is 2. The summed E-state index contributed by atoms with van der Waals surface area (Å²) in [6.45, 7) is 4.68. The third kappa shape index (κ3) is 7.23. The zero-order valence-electron chi connectivity index (χ0n) is 21.2. The summed E-state index contributed by atoms with van der Waals surface area (Å²) in [5.41, 5.74) is 3.03. The van der Waals surface area contributed by atoms with Crippen molar-refractivity contribution in [3.63, 3.8) is 0 Å². The molecule has 0 unspecified atom stereocenters. The molecule has 37 heavy (non-hydrogen) atoms. The largest absolute Gasteiger partial charge is 0.361 e. The molecule has 0 saturated heterocycles. The molecule has 1 N–H and O–H groups in total. The molecule has 3 aromatic carbocycles. The average molecular weight is 518 g/mol. The highest BCUT2D eigenvalue weighted by atomic mass is 32.2. The summed E-state index contributed by atoms with van der Waals surface area (Å²) in [6.07, 6.45) is 2.65. The van der Waals surface area contributed by atoms with E-state index in [1.807, 2.05) is 68.6 Å². The van der Waals surface area contributed by atoms with Gasteiger partial charge in [-0.3, -0.25) is 9.59 Å². The second-order valence-electron chi connectivity index (χ2n) is 9.27. The number of carbonyl (C=O) groups is 2. The van der Waals surface area contributed by atoms with Crippen molar-refractivity contribution < 1.29 is 14.0 Å². The van der Waals surface area contributed by atoms with Gasteiger partial charge < -0.3 is 14.8 Å². The molecule has 0 radical (unpaired) electrons. The topological polar surface area (TPSA) is 56.4 Å². The highest BCUT2D eigenvalue weighted by molar-refractivity contribution is 8.00. The molecule has 4 rings (SSSR count). The van der Waals surface area contributed by atoms with Crippen LogP contribution < -0.4 is 0 Å². The van der Waals surface area contributed by atoms with E-state index < -0.39 is 0 Å². The highest BCUT2D eigenvalue weighted by Gasteiger charge is 2.24. The van der Waals surface area contributed by atoms with E-state index in [0.717, 1.165) is 26.9 Å². The zero-order valence-corrected chi connectivity index (χ0v) is 22.0. The first-order valence-electron chi connectivity index (χ1n) is 12.4. The Labute approximate surface area is 221 Å². The average Bonchev–Trinajstić information content (AvgIpc) is 3.32. The molecule has 0 bridgehead atoms. The van der Waals surface area contributed by atoms with Crippen LogP contribution in [0.3, 0.4) is 0 Å². The molecule has 5 nitrogen and oxygen atoms in total. The standard InChI is InChI=1S/C30H32FN3O2S/c1-22(2)34(30(36)21-37-26-8-4-3-5-9-26)20-29(35)33(19-23-12-14-25(31)15-13-23)17-16-24-18-32-28-11-7-6-10-27(24)28/h3-15,18,22,32H,16-17,19-21H2,1-2H3. The number of H-pyrrole nitrogens is 1. The van der Waals surface area contributed by atoms with Gasteiger partial charge in [0.2, 0.25) is 11.8 Å². The number of amides is 2. The number of nitrogens with one attached hydrogen (secondary N) is 1. The number of hydrogen-bond acceptors (Lipinski definition) is 3. The van der Waals surface area contributed by atoms with Crippen molar-refractivity contribution >= 4 is 34.5 Å². The maximum absolute atomic E-state index is 13.6. The fraction of sp³-hybridized carbons (Fsp3) is 0.267. The lowest BCUT2D eigenvalue weighted by Crippen LogP contribution is -2.46. The van der Waals surface area contributed by atoms with Crippen LogP contribution in [0.25, 0.3) is 10.9 Å². The zero-order chi connectivity index (χ0) is 26.2. The molecule has 7 heteroatoms. The molecule has 192 valence electrons. The lowest BCUT2D eigenvalue weighted by molar-refractivity contribution is -0.140. The first-order valence-corrected chi connectivity index (χ1v) is 13.4. The van der Waals surface area contributed by atoms with Crippen LogP contribution in [0.5, 0.6) is 0 Å².